The normalized spacial score (nSPS) is 8.18. The lowest BCUT2D eigenvalue weighted by Gasteiger charge is -1.93. The Labute approximate surface area is 64.2 Å². The summed E-state index contributed by atoms with van der Waals surface area (Å²) in [5.74, 6) is 0.0170. The van der Waals surface area contributed by atoms with Crippen molar-refractivity contribution in [3.05, 3.63) is 41.0 Å². The summed E-state index contributed by atoms with van der Waals surface area (Å²) in [4.78, 5) is 6.19. The van der Waals surface area contributed by atoms with Gasteiger partial charge in [0.25, 0.3) is 0 Å². The lowest BCUT2D eigenvalue weighted by molar-refractivity contribution is 0.476. The van der Waals surface area contributed by atoms with Gasteiger partial charge >= 0.3 is 0 Å². The first-order chi connectivity index (χ1) is 5.27. The van der Waals surface area contributed by atoms with Crippen molar-refractivity contribution in [1.29, 1.82) is 0 Å². The van der Waals surface area contributed by atoms with Crippen molar-refractivity contribution >= 4 is 11.4 Å². The molecular weight excluding hydrogens is 140 g/mol. The van der Waals surface area contributed by atoms with Crippen LogP contribution in [0.5, 0.6) is 5.75 Å². The Morgan fingerprint density at radius 2 is 1.73 bits per heavy atom. The van der Waals surface area contributed by atoms with Gasteiger partial charge in [0.05, 0.1) is 13.1 Å². The van der Waals surface area contributed by atoms with Gasteiger partial charge in [-0.05, 0) is 12.1 Å². The highest BCUT2D eigenvalue weighted by Gasteiger charge is 2.01. The zero-order chi connectivity index (χ0) is 8.27. The second kappa shape index (κ2) is 2.72. The molecule has 0 heterocycles. The smallest absolute Gasteiger partial charge is 0.198 e. The van der Waals surface area contributed by atoms with Crippen molar-refractivity contribution in [3.63, 3.8) is 0 Å². The summed E-state index contributed by atoms with van der Waals surface area (Å²) in [6.45, 7) is 13.3. The van der Waals surface area contributed by atoms with Gasteiger partial charge in [0.15, 0.2) is 11.4 Å². The Kier molecular flexibility index (Phi) is 1.76. The van der Waals surface area contributed by atoms with Gasteiger partial charge in [-0.15, -0.1) is 0 Å². The number of hydrogen-bond donors (Lipinski definition) is 1. The maximum Gasteiger partial charge on any atom is 0.198 e. The standard InChI is InChI=1S/C8H4N2O/c1-9-7-4-3-6(11)5-8(7)10-2/h3-5,11H. The Hall–Kier alpha value is -2.00. The molecule has 0 fully saturated rings. The van der Waals surface area contributed by atoms with E-state index in [1.807, 2.05) is 0 Å². The molecular formula is C8H4N2O. The Morgan fingerprint density at radius 3 is 2.27 bits per heavy atom. The van der Waals surface area contributed by atoms with E-state index in [1.165, 1.54) is 18.2 Å². The summed E-state index contributed by atoms with van der Waals surface area (Å²) >= 11 is 0. The number of nitrogens with zero attached hydrogens (tertiary/aromatic N) is 2. The van der Waals surface area contributed by atoms with Crippen molar-refractivity contribution in [2.45, 2.75) is 0 Å². The Bertz CT molecular complexity index is 357. The van der Waals surface area contributed by atoms with Crippen LogP contribution < -0.4 is 0 Å². The molecule has 0 aliphatic carbocycles. The van der Waals surface area contributed by atoms with Gasteiger partial charge in [-0.2, -0.15) is 0 Å². The molecule has 1 aromatic carbocycles. The van der Waals surface area contributed by atoms with Gasteiger partial charge in [-0.3, -0.25) is 4.85 Å². The molecule has 11 heavy (non-hydrogen) atoms. The van der Waals surface area contributed by atoms with Crippen LogP contribution in [-0.2, 0) is 0 Å². The van der Waals surface area contributed by atoms with Crippen LogP contribution in [0.15, 0.2) is 18.2 Å². The molecule has 3 nitrogen and oxygen atoms in total. The van der Waals surface area contributed by atoms with E-state index in [9.17, 15) is 0 Å². The first kappa shape index (κ1) is 7.11. The van der Waals surface area contributed by atoms with Crippen LogP contribution in [0.1, 0.15) is 0 Å². The number of benzene rings is 1. The van der Waals surface area contributed by atoms with Crippen molar-refractivity contribution in [1.82, 2.24) is 0 Å². The van der Waals surface area contributed by atoms with E-state index in [4.69, 9.17) is 18.3 Å². The Balaban J connectivity index is 3.34. The highest BCUT2D eigenvalue weighted by molar-refractivity contribution is 5.71. The van der Waals surface area contributed by atoms with Crippen LogP contribution in [0.3, 0.4) is 0 Å². The average molecular weight is 144 g/mol. The molecule has 0 aliphatic heterocycles. The maximum absolute atomic E-state index is 8.92. The van der Waals surface area contributed by atoms with Gasteiger partial charge < -0.3 is 5.11 Å². The lowest BCUT2D eigenvalue weighted by Crippen LogP contribution is -1.64. The summed E-state index contributed by atoms with van der Waals surface area (Å²) in [7, 11) is 0. The number of aromatic hydroxyl groups is 1. The summed E-state index contributed by atoms with van der Waals surface area (Å²) < 4.78 is 0. The van der Waals surface area contributed by atoms with Crippen LogP contribution in [0.2, 0.25) is 0 Å². The fraction of sp³-hybridized carbons (Fsp3) is 0. The van der Waals surface area contributed by atoms with Gasteiger partial charge in [-0.25, -0.2) is 4.85 Å². The molecule has 0 saturated heterocycles. The van der Waals surface area contributed by atoms with E-state index in [2.05, 4.69) is 9.69 Å². The Morgan fingerprint density at radius 1 is 1.09 bits per heavy atom. The minimum atomic E-state index is 0.0170. The monoisotopic (exact) mass is 144 g/mol. The summed E-state index contributed by atoms with van der Waals surface area (Å²) in [5, 5.41) is 8.92. The lowest BCUT2D eigenvalue weighted by atomic mass is 10.2. The van der Waals surface area contributed by atoms with Gasteiger partial charge in [0, 0.05) is 0 Å². The average Bonchev–Trinajstić information content (AvgIpc) is 2.04. The van der Waals surface area contributed by atoms with Gasteiger partial charge in [0.1, 0.15) is 5.75 Å². The van der Waals surface area contributed by atoms with Crippen LogP contribution in [0.25, 0.3) is 9.69 Å². The van der Waals surface area contributed by atoms with E-state index < -0.39 is 0 Å². The molecule has 1 N–H and O–H groups in total. The summed E-state index contributed by atoms with van der Waals surface area (Å²) in [5.41, 5.74) is 0.470. The summed E-state index contributed by atoms with van der Waals surface area (Å²) in [6.07, 6.45) is 0. The fourth-order valence-corrected chi connectivity index (χ4v) is 0.696. The highest BCUT2D eigenvalue weighted by Crippen LogP contribution is 2.31. The largest absolute Gasteiger partial charge is 0.509 e. The van der Waals surface area contributed by atoms with Crippen molar-refractivity contribution in [2.24, 2.45) is 0 Å². The minimum Gasteiger partial charge on any atom is -0.509 e. The molecule has 0 aromatic heterocycles. The van der Waals surface area contributed by atoms with Crippen molar-refractivity contribution < 1.29 is 5.11 Å². The molecule has 0 radical (unpaired) electrons. The number of rotatable bonds is 0. The molecule has 1 aromatic rings. The minimum absolute atomic E-state index is 0.0170. The van der Waals surface area contributed by atoms with E-state index in [0.717, 1.165) is 0 Å². The van der Waals surface area contributed by atoms with Crippen LogP contribution in [0.4, 0.5) is 11.4 Å². The molecule has 0 aliphatic rings. The topological polar surface area (TPSA) is 28.9 Å². The quantitative estimate of drug-likeness (QED) is 0.557. The number of phenols is 1. The SMILES string of the molecule is [C-]#[N+]c1ccc(O)cc1[N+]#[C-]. The third kappa shape index (κ3) is 1.28. The third-order valence-electron chi connectivity index (χ3n) is 1.20. The molecule has 0 saturated carbocycles. The van der Waals surface area contributed by atoms with E-state index >= 15 is 0 Å². The van der Waals surface area contributed by atoms with E-state index in [0.29, 0.717) is 0 Å². The first-order valence-corrected chi connectivity index (χ1v) is 2.86. The van der Waals surface area contributed by atoms with Crippen LogP contribution in [-0.4, -0.2) is 5.11 Å². The number of phenolic OH excluding ortho intramolecular Hbond substituents is 1. The molecule has 0 unspecified atom stereocenters. The molecule has 0 bridgehead atoms. The van der Waals surface area contributed by atoms with Crippen LogP contribution >= 0.6 is 0 Å². The summed E-state index contributed by atoms with van der Waals surface area (Å²) in [6, 6.07) is 4.10. The molecule has 1 rings (SSSR count). The van der Waals surface area contributed by atoms with Gasteiger partial charge in [0.2, 0.25) is 0 Å². The molecule has 52 valence electrons. The fourth-order valence-electron chi connectivity index (χ4n) is 0.696. The molecule has 0 amide bonds. The molecule has 3 heteroatoms. The van der Waals surface area contributed by atoms with Crippen molar-refractivity contribution in [3.8, 4) is 5.75 Å². The van der Waals surface area contributed by atoms with Gasteiger partial charge in [-0.1, -0.05) is 6.07 Å². The predicted molar refractivity (Wildman–Crippen MR) is 40.6 cm³/mol. The van der Waals surface area contributed by atoms with Crippen molar-refractivity contribution in [2.75, 3.05) is 0 Å². The predicted octanol–water partition coefficient (Wildman–Crippen LogP) is 2.49. The highest BCUT2D eigenvalue weighted by atomic mass is 16.3. The van der Waals surface area contributed by atoms with E-state index in [1.54, 1.807) is 0 Å². The zero-order valence-corrected chi connectivity index (χ0v) is 5.57. The first-order valence-electron chi connectivity index (χ1n) is 2.86. The second-order valence-electron chi connectivity index (χ2n) is 1.90. The van der Waals surface area contributed by atoms with E-state index in [-0.39, 0.29) is 17.1 Å². The third-order valence-corrected chi connectivity index (χ3v) is 1.20. The zero-order valence-electron chi connectivity index (χ0n) is 5.57. The number of hydrogen-bond acceptors (Lipinski definition) is 1. The maximum atomic E-state index is 8.92. The van der Waals surface area contributed by atoms with Crippen LogP contribution in [0, 0.1) is 13.1 Å². The molecule has 0 atom stereocenters. The second-order valence-corrected chi connectivity index (χ2v) is 1.90. The molecule has 0 spiro atoms.